The van der Waals surface area contributed by atoms with Gasteiger partial charge in [0.25, 0.3) is 0 Å². The molecule has 38 valence electrons. The maximum absolute atomic E-state index is 9.44. The predicted octanol–water partition coefficient (Wildman–Crippen LogP) is -1.34. The van der Waals surface area contributed by atoms with E-state index in [1.54, 1.807) is 4.72 Å². The van der Waals surface area contributed by atoms with Gasteiger partial charge in [-0.15, -0.1) is 0 Å². The summed E-state index contributed by atoms with van der Waals surface area (Å²) in [6, 6.07) is 0. The summed E-state index contributed by atoms with van der Waals surface area (Å²) >= 11 is -2.07. The second-order valence-corrected chi connectivity index (χ2v) is 1.34. The Morgan fingerprint density at radius 3 is 2.33 bits per heavy atom. The Kier molecular flexibility index (Phi) is 3.24. The lowest BCUT2D eigenvalue weighted by Gasteiger charge is -1.85. The van der Waals surface area contributed by atoms with Crippen LogP contribution in [-0.4, -0.2) is 20.6 Å². The molecule has 1 unspecified atom stereocenters. The van der Waals surface area contributed by atoms with Crippen LogP contribution in [-0.2, 0) is 11.3 Å². The fourth-order valence-corrected chi connectivity index (χ4v) is 0.166. The van der Waals surface area contributed by atoms with Gasteiger partial charge in [-0.05, 0) is 0 Å². The highest BCUT2D eigenvalue weighted by Crippen LogP contribution is 1.53. The van der Waals surface area contributed by atoms with Crippen LogP contribution in [0.4, 0.5) is 0 Å². The van der Waals surface area contributed by atoms with Crippen molar-refractivity contribution in [3.8, 4) is 0 Å². The van der Waals surface area contributed by atoms with E-state index in [2.05, 4.69) is 0 Å². The quantitative estimate of drug-likeness (QED) is 0.305. The Morgan fingerprint density at radius 2 is 2.33 bits per heavy atom. The third kappa shape index (κ3) is 4.03. The van der Waals surface area contributed by atoms with E-state index in [0.717, 1.165) is 0 Å². The lowest BCUT2D eigenvalue weighted by molar-refractivity contribution is 0.287. The van der Waals surface area contributed by atoms with Crippen molar-refractivity contribution < 1.29 is 13.9 Å². The van der Waals surface area contributed by atoms with Crippen molar-refractivity contribution in [3.05, 3.63) is 0 Å². The highest BCUT2D eigenvalue weighted by Gasteiger charge is 1.80. The molecule has 0 aromatic heterocycles. The van der Waals surface area contributed by atoms with E-state index in [1.165, 1.54) is 0 Å². The molecule has 5 heteroatoms. The first-order valence-electron chi connectivity index (χ1n) is 1.22. The zero-order valence-electron chi connectivity index (χ0n) is 2.92. The van der Waals surface area contributed by atoms with Crippen molar-refractivity contribution >= 4 is 11.3 Å². The molecule has 0 saturated heterocycles. The molecule has 0 radical (unpaired) electrons. The normalized spacial score (nSPS) is 14.3. The van der Waals surface area contributed by atoms with Crippen LogP contribution in [0.15, 0.2) is 0 Å². The van der Waals surface area contributed by atoms with Gasteiger partial charge in [-0.2, -0.15) is 4.72 Å². The average molecular weight is 111 g/mol. The molecular formula is CH5NO3S. The molecule has 6 heavy (non-hydrogen) atoms. The van der Waals surface area contributed by atoms with Gasteiger partial charge in [0.1, 0.15) is 6.73 Å². The topological polar surface area (TPSA) is 69.6 Å². The van der Waals surface area contributed by atoms with Crippen LogP contribution in [0.1, 0.15) is 0 Å². The zero-order chi connectivity index (χ0) is 4.99. The summed E-state index contributed by atoms with van der Waals surface area (Å²) in [4.78, 5) is 0. The molecule has 1 atom stereocenters. The monoisotopic (exact) mass is 111 g/mol. The van der Waals surface area contributed by atoms with E-state index in [-0.39, 0.29) is 0 Å². The van der Waals surface area contributed by atoms with Gasteiger partial charge in [-0.25, -0.2) is 4.21 Å². The molecule has 0 aromatic rings. The predicted molar refractivity (Wildman–Crippen MR) is 21.0 cm³/mol. The van der Waals surface area contributed by atoms with Gasteiger partial charge < -0.3 is 5.11 Å². The molecule has 4 nitrogen and oxygen atoms in total. The first kappa shape index (κ1) is 6.03. The summed E-state index contributed by atoms with van der Waals surface area (Å²) in [6.45, 7) is -0.469. The number of hydrogen-bond acceptors (Lipinski definition) is 2. The molecular weight excluding hydrogens is 106 g/mol. The molecule has 0 heterocycles. The van der Waals surface area contributed by atoms with Crippen LogP contribution in [0.25, 0.3) is 0 Å². The Bertz CT molecular complexity index is 54.8. The molecule has 0 rings (SSSR count). The molecule has 0 aromatic carbocycles. The lowest BCUT2D eigenvalue weighted by atomic mass is 11.4. The SMILES string of the molecule is O=S(O)NCO. The second kappa shape index (κ2) is 3.23. The molecule has 0 saturated carbocycles. The average Bonchev–Trinajstić information content (AvgIpc) is 1.35. The third-order valence-corrected chi connectivity index (χ3v) is 0.564. The minimum atomic E-state index is -2.07. The van der Waals surface area contributed by atoms with Gasteiger partial charge in [-0.1, -0.05) is 0 Å². The smallest absolute Gasteiger partial charge is 0.233 e. The molecule has 0 fully saturated rings. The Balaban J connectivity index is 2.83. The van der Waals surface area contributed by atoms with Crippen molar-refractivity contribution in [1.82, 2.24) is 4.72 Å². The van der Waals surface area contributed by atoms with Crippen LogP contribution < -0.4 is 4.72 Å². The van der Waals surface area contributed by atoms with E-state index in [1.807, 2.05) is 0 Å². The van der Waals surface area contributed by atoms with Crippen LogP contribution in [0.5, 0.6) is 0 Å². The van der Waals surface area contributed by atoms with Gasteiger partial charge in [0.15, 0.2) is 0 Å². The van der Waals surface area contributed by atoms with Gasteiger partial charge in [-0.3, -0.25) is 4.55 Å². The first-order chi connectivity index (χ1) is 2.77. The number of aliphatic hydroxyl groups is 1. The van der Waals surface area contributed by atoms with Crippen LogP contribution in [0.2, 0.25) is 0 Å². The first-order valence-corrected chi connectivity index (χ1v) is 2.33. The van der Waals surface area contributed by atoms with E-state index in [4.69, 9.17) is 9.66 Å². The Morgan fingerprint density at radius 1 is 1.83 bits per heavy atom. The minimum Gasteiger partial charge on any atom is -0.380 e. The molecule has 0 spiro atoms. The maximum atomic E-state index is 9.44. The summed E-state index contributed by atoms with van der Waals surface area (Å²) in [6.07, 6.45) is 0. The van der Waals surface area contributed by atoms with E-state index < -0.39 is 18.0 Å². The fourth-order valence-electron chi connectivity index (χ4n) is 0.0552. The standard InChI is InChI=1S/CH5NO3S/c3-1-2-6(4)5/h2-3H,1H2,(H,4,5). The van der Waals surface area contributed by atoms with E-state index in [9.17, 15) is 4.21 Å². The Hall–Kier alpha value is 0.0300. The lowest BCUT2D eigenvalue weighted by Crippen LogP contribution is -2.16. The summed E-state index contributed by atoms with van der Waals surface area (Å²) in [5.41, 5.74) is 0. The Labute approximate surface area is 37.6 Å². The van der Waals surface area contributed by atoms with Crippen molar-refractivity contribution in [2.24, 2.45) is 0 Å². The molecule has 0 bridgehead atoms. The van der Waals surface area contributed by atoms with Crippen molar-refractivity contribution in [3.63, 3.8) is 0 Å². The maximum Gasteiger partial charge on any atom is 0.233 e. The highest BCUT2D eigenvalue weighted by molar-refractivity contribution is 7.77. The molecule has 0 aliphatic rings. The van der Waals surface area contributed by atoms with Crippen molar-refractivity contribution in [2.45, 2.75) is 0 Å². The largest absolute Gasteiger partial charge is 0.380 e. The van der Waals surface area contributed by atoms with Crippen LogP contribution in [0.3, 0.4) is 0 Å². The van der Waals surface area contributed by atoms with Gasteiger partial charge in [0, 0.05) is 0 Å². The molecule has 0 amide bonds. The second-order valence-electron chi connectivity index (χ2n) is 0.552. The van der Waals surface area contributed by atoms with Crippen LogP contribution >= 0.6 is 0 Å². The van der Waals surface area contributed by atoms with Crippen molar-refractivity contribution in [1.29, 1.82) is 0 Å². The number of nitrogens with one attached hydrogen (secondary N) is 1. The third-order valence-electron chi connectivity index (χ3n) is 0.188. The molecule has 3 N–H and O–H groups in total. The molecule has 0 aliphatic carbocycles. The summed E-state index contributed by atoms with van der Waals surface area (Å²) in [7, 11) is 0. The summed E-state index contributed by atoms with van der Waals surface area (Å²) < 4.78 is 19.0. The van der Waals surface area contributed by atoms with Gasteiger partial charge >= 0.3 is 0 Å². The van der Waals surface area contributed by atoms with E-state index >= 15 is 0 Å². The fraction of sp³-hybridized carbons (Fsp3) is 1.00. The molecule has 0 aliphatic heterocycles. The van der Waals surface area contributed by atoms with E-state index in [0.29, 0.717) is 0 Å². The zero-order valence-corrected chi connectivity index (χ0v) is 3.73. The minimum absolute atomic E-state index is 0.469. The van der Waals surface area contributed by atoms with Crippen molar-refractivity contribution in [2.75, 3.05) is 6.73 Å². The summed E-state index contributed by atoms with van der Waals surface area (Å²) in [5.74, 6) is 0. The van der Waals surface area contributed by atoms with Gasteiger partial charge in [0.2, 0.25) is 11.3 Å². The van der Waals surface area contributed by atoms with Gasteiger partial charge in [0.05, 0.1) is 0 Å². The summed E-state index contributed by atoms with van der Waals surface area (Å²) in [5, 5.41) is 7.77. The number of hydrogen-bond donors (Lipinski definition) is 3. The van der Waals surface area contributed by atoms with Crippen LogP contribution in [0, 0.1) is 0 Å². The highest BCUT2D eigenvalue weighted by atomic mass is 32.2. The number of aliphatic hydroxyl groups excluding tert-OH is 1. The number of rotatable bonds is 2.